The third kappa shape index (κ3) is 7.55. The molecule has 0 bridgehead atoms. The van der Waals surface area contributed by atoms with Crippen molar-refractivity contribution in [2.24, 2.45) is 0 Å². The van der Waals surface area contributed by atoms with Crippen LogP contribution in [0.3, 0.4) is 0 Å². The molecule has 3 saturated carbocycles. The van der Waals surface area contributed by atoms with Crippen molar-refractivity contribution in [2.75, 3.05) is 13.1 Å². The molecule has 0 spiro atoms. The van der Waals surface area contributed by atoms with E-state index in [4.69, 9.17) is 23.2 Å². The SMILES string of the molecule is Cc1cc(C)c(C2=CC=CC(C=C3CC(Cl)(Cl)CCC3P(C3CCCCC3)C3CCCCC3)(c3c(C)cc(C)cc3C)C2=C2NCCN2)c(C)c1. The molecule has 274 valence electrons. The number of nitrogens with one attached hydrogen (secondary N) is 2. The standard InChI is InChI=1S/C46H61Cl2N2P/c1-30-24-32(3)41(33(4)25-30)39-18-13-20-45(43(39)44-49-22-23-50-44,42-34(5)26-31(2)27-35(42)6)28-36-29-46(47,48)21-19-40(36)51(37-14-9-7-10-15-37)38-16-11-8-12-17-38/h13,18,20,24-28,37-38,40,49-50H,7-12,14-17,19,21-23,29H2,1-6H3. The number of hydrogen-bond acceptors (Lipinski definition) is 2. The minimum atomic E-state index is -0.737. The average Bonchev–Trinajstić information content (AvgIpc) is 3.60. The summed E-state index contributed by atoms with van der Waals surface area (Å²) in [5, 5.41) is 7.72. The molecule has 2 nitrogen and oxygen atoms in total. The predicted octanol–water partition coefficient (Wildman–Crippen LogP) is 12.6. The minimum Gasteiger partial charge on any atom is -0.370 e. The Balaban J connectivity index is 1.50. The van der Waals surface area contributed by atoms with E-state index >= 15 is 0 Å². The molecule has 51 heavy (non-hydrogen) atoms. The zero-order valence-corrected chi connectivity index (χ0v) is 34.6. The van der Waals surface area contributed by atoms with E-state index in [-0.39, 0.29) is 7.92 Å². The van der Waals surface area contributed by atoms with Gasteiger partial charge in [0, 0.05) is 30.7 Å². The Morgan fingerprint density at radius 3 is 1.78 bits per heavy atom. The second-order valence-corrected chi connectivity index (χ2v) is 21.4. The Morgan fingerprint density at radius 1 is 0.706 bits per heavy atom. The Hall–Kier alpha value is -1.99. The highest BCUT2D eigenvalue weighted by molar-refractivity contribution is 7.60. The lowest BCUT2D eigenvalue weighted by molar-refractivity contribution is 0.474. The van der Waals surface area contributed by atoms with E-state index in [0.717, 1.165) is 43.7 Å². The van der Waals surface area contributed by atoms with Gasteiger partial charge in [-0.15, -0.1) is 23.2 Å². The highest BCUT2D eigenvalue weighted by Crippen LogP contribution is 2.65. The molecule has 0 amide bonds. The van der Waals surface area contributed by atoms with Crippen LogP contribution in [0.25, 0.3) is 5.57 Å². The molecule has 2 atom stereocenters. The van der Waals surface area contributed by atoms with Crippen molar-refractivity contribution in [3.63, 3.8) is 0 Å². The Bertz CT molecular complexity index is 1680. The molecule has 1 heterocycles. The van der Waals surface area contributed by atoms with Gasteiger partial charge >= 0.3 is 0 Å². The van der Waals surface area contributed by atoms with Gasteiger partial charge in [0.15, 0.2) is 0 Å². The fraction of sp³-hybridized carbons (Fsp3) is 0.565. The summed E-state index contributed by atoms with van der Waals surface area (Å²) >= 11 is 14.6. The third-order valence-electron chi connectivity index (χ3n) is 12.8. The number of rotatable bonds is 6. The normalized spacial score (nSPS) is 26.8. The lowest BCUT2D eigenvalue weighted by Crippen LogP contribution is -2.37. The highest BCUT2D eigenvalue weighted by Gasteiger charge is 2.47. The fourth-order valence-corrected chi connectivity index (χ4v) is 16.1. The van der Waals surface area contributed by atoms with E-state index in [1.807, 2.05) is 0 Å². The van der Waals surface area contributed by atoms with Crippen molar-refractivity contribution in [1.29, 1.82) is 0 Å². The van der Waals surface area contributed by atoms with Crippen molar-refractivity contribution in [3.8, 4) is 0 Å². The van der Waals surface area contributed by atoms with E-state index in [1.165, 1.54) is 131 Å². The minimum absolute atomic E-state index is 0.199. The number of allylic oxidation sites excluding steroid dienone is 7. The van der Waals surface area contributed by atoms with Crippen LogP contribution in [0.5, 0.6) is 0 Å². The molecule has 4 fully saturated rings. The van der Waals surface area contributed by atoms with Gasteiger partial charge in [0.2, 0.25) is 0 Å². The topological polar surface area (TPSA) is 24.1 Å². The van der Waals surface area contributed by atoms with Crippen molar-refractivity contribution >= 4 is 36.7 Å². The maximum absolute atomic E-state index is 7.31. The summed E-state index contributed by atoms with van der Waals surface area (Å²) in [5.74, 6) is 1.17. The van der Waals surface area contributed by atoms with Gasteiger partial charge in [-0.1, -0.05) is 112 Å². The quantitative estimate of drug-likeness (QED) is 0.175. The lowest BCUT2D eigenvalue weighted by Gasteiger charge is -2.48. The van der Waals surface area contributed by atoms with Crippen LogP contribution < -0.4 is 10.6 Å². The molecule has 1 saturated heterocycles. The van der Waals surface area contributed by atoms with Crippen LogP contribution in [0.1, 0.15) is 128 Å². The summed E-state index contributed by atoms with van der Waals surface area (Å²) in [6, 6.07) is 9.51. The second kappa shape index (κ2) is 15.4. The summed E-state index contributed by atoms with van der Waals surface area (Å²) < 4.78 is -0.737. The predicted molar refractivity (Wildman–Crippen MR) is 224 cm³/mol. The smallest absolute Gasteiger partial charge is 0.122 e. The van der Waals surface area contributed by atoms with E-state index in [1.54, 1.807) is 0 Å². The molecule has 5 aliphatic rings. The molecular formula is C46H61Cl2N2P. The van der Waals surface area contributed by atoms with Gasteiger partial charge in [-0.2, -0.15) is 0 Å². The Kier molecular flexibility index (Phi) is 11.3. The van der Waals surface area contributed by atoms with Crippen LogP contribution in [0.4, 0.5) is 0 Å². The molecule has 0 aromatic heterocycles. The first-order chi connectivity index (χ1) is 24.5. The summed E-state index contributed by atoms with van der Waals surface area (Å²) in [7, 11) is -0.199. The molecule has 4 aliphatic carbocycles. The van der Waals surface area contributed by atoms with E-state index in [9.17, 15) is 0 Å². The number of alkyl halides is 2. The number of benzene rings is 2. The summed E-state index contributed by atoms with van der Waals surface area (Å²) in [4.78, 5) is 0. The summed E-state index contributed by atoms with van der Waals surface area (Å²) in [6.07, 6.45) is 26.9. The van der Waals surface area contributed by atoms with Gasteiger partial charge in [0.05, 0.1) is 5.41 Å². The van der Waals surface area contributed by atoms with Crippen LogP contribution in [0.15, 0.2) is 65.5 Å². The van der Waals surface area contributed by atoms with Gasteiger partial charge in [-0.3, -0.25) is 0 Å². The second-order valence-electron chi connectivity index (χ2n) is 16.8. The number of hydrogen-bond donors (Lipinski definition) is 2. The molecule has 0 radical (unpaired) electrons. The zero-order chi connectivity index (χ0) is 35.9. The van der Waals surface area contributed by atoms with Crippen LogP contribution in [0, 0.1) is 41.5 Å². The van der Waals surface area contributed by atoms with Gasteiger partial charge in [-0.25, -0.2) is 0 Å². The fourth-order valence-electron chi connectivity index (χ4n) is 11.1. The number of aryl methyl sites for hydroxylation is 6. The molecule has 2 aromatic carbocycles. The third-order valence-corrected chi connectivity index (χ3v) is 17.4. The zero-order valence-electron chi connectivity index (χ0n) is 32.2. The van der Waals surface area contributed by atoms with E-state index in [2.05, 4.69) is 101 Å². The van der Waals surface area contributed by atoms with Crippen molar-refractivity contribution < 1.29 is 0 Å². The molecule has 5 heteroatoms. The van der Waals surface area contributed by atoms with Gasteiger partial charge in [0.1, 0.15) is 10.2 Å². The van der Waals surface area contributed by atoms with Crippen molar-refractivity contribution in [2.45, 2.75) is 152 Å². The summed E-state index contributed by atoms with van der Waals surface area (Å²) in [5.41, 5.74) is 16.8. The van der Waals surface area contributed by atoms with Crippen molar-refractivity contribution in [1.82, 2.24) is 10.6 Å². The Morgan fingerprint density at radius 2 is 1.24 bits per heavy atom. The van der Waals surface area contributed by atoms with Gasteiger partial charge in [0.25, 0.3) is 0 Å². The number of halogens is 2. The van der Waals surface area contributed by atoms with E-state index < -0.39 is 9.75 Å². The monoisotopic (exact) mass is 742 g/mol. The van der Waals surface area contributed by atoms with Gasteiger partial charge < -0.3 is 10.6 Å². The first kappa shape index (κ1) is 37.3. The first-order valence-corrected chi connectivity index (χ1v) is 22.4. The van der Waals surface area contributed by atoms with Crippen molar-refractivity contribution in [3.05, 3.63) is 110 Å². The van der Waals surface area contributed by atoms with E-state index in [0.29, 0.717) is 5.66 Å². The van der Waals surface area contributed by atoms with Crippen LogP contribution in [-0.4, -0.2) is 34.4 Å². The first-order valence-electron chi connectivity index (χ1n) is 20.1. The largest absolute Gasteiger partial charge is 0.370 e. The Labute approximate surface area is 320 Å². The molecule has 1 aliphatic heterocycles. The van der Waals surface area contributed by atoms with Gasteiger partial charge in [-0.05, 0) is 130 Å². The maximum atomic E-state index is 7.31. The molecule has 2 aromatic rings. The van der Waals surface area contributed by atoms with Crippen LogP contribution >= 0.6 is 31.1 Å². The highest BCUT2D eigenvalue weighted by atomic mass is 35.5. The maximum Gasteiger partial charge on any atom is 0.122 e. The molecular weight excluding hydrogens is 682 g/mol. The average molecular weight is 744 g/mol. The van der Waals surface area contributed by atoms with Crippen LogP contribution in [-0.2, 0) is 5.41 Å². The lowest BCUT2D eigenvalue weighted by atomic mass is 9.63. The molecule has 2 N–H and O–H groups in total. The summed E-state index contributed by atoms with van der Waals surface area (Å²) in [6.45, 7) is 15.6. The molecule has 7 rings (SSSR count). The molecule has 2 unspecified atom stereocenters. The van der Waals surface area contributed by atoms with Crippen LogP contribution in [0.2, 0.25) is 0 Å².